The Hall–Kier alpha value is -2.01. The van der Waals surface area contributed by atoms with E-state index in [9.17, 15) is 4.79 Å². The summed E-state index contributed by atoms with van der Waals surface area (Å²) in [6.45, 7) is 4.98. The first-order valence-corrected chi connectivity index (χ1v) is 7.04. The van der Waals surface area contributed by atoms with Gasteiger partial charge >= 0.3 is 6.16 Å². The summed E-state index contributed by atoms with van der Waals surface area (Å²) in [6.07, 6.45) is 2.12. The Kier molecular flexibility index (Phi) is 5.63. The van der Waals surface area contributed by atoms with Gasteiger partial charge in [-0.2, -0.15) is 0 Å². The van der Waals surface area contributed by atoms with Crippen molar-refractivity contribution in [2.24, 2.45) is 0 Å². The van der Waals surface area contributed by atoms with Gasteiger partial charge in [0.05, 0.1) is 13.7 Å². The molecule has 1 heterocycles. The molecule has 0 aliphatic carbocycles. The maximum Gasteiger partial charge on any atom is 0.513 e. The fraction of sp³-hybridized carbons (Fsp3) is 0.438. The van der Waals surface area contributed by atoms with Gasteiger partial charge in [-0.3, -0.25) is 4.90 Å². The molecule has 0 bridgehead atoms. The minimum Gasteiger partial charge on any atom is -0.492 e. The van der Waals surface area contributed by atoms with E-state index in [1.807, 2.05) is 37.3 Å². The fourth-order valence-electron chi connectivity index (χ4n) is 2.11. The average Bonchev–Trinajstić information content (AvgIpc) is 2.49. The lowest BCUT2D eigenvalue weighted by Crippen LogP contribution is -2.34. The zero-order valence-corrected chi connectivity index (χ0v) is 12.5. The van der Waals surface area contributed by atoms with Crippen molar-refractivity contribution in [1.82, 2.24) is 4.90 Å². The van der Waals surface area contributed by atoms with Crippen LogP contribution >= 0.6 is 0 Å². The topological polar surface area (TPSA) is 48.0 Å². The average molecular weight is 291 g/mol. The van der Waals surface area contributed by atoms with Crippen LogP contribution in [0.2, 0.25) is 0 Å². The zero-order valence-electron chi connectivity index (χ0n) is 12.5. The van der Waals surface area contributed by atoms with Crippen molar-refractivity contribution in [2.75, 3.05) is 33.4 Å². The molecule has 5 nitrogen and oxygen atoms in total. The lowest BCUT2D eigenvalue weighted by atomic mass is 10.2. The van der Waals surface area contributed by atoms with Crippen LogP contribution in [0.1, 0.15) is 12.0 Å². The lowest BCUT2D eigenvalue weighted by molar-refractivity contribution is 0.0859. The smallest absolute Gasteiger partial charge is 0.492 e. The molecule has 5 heteroatoms. The summed E-state index contributed by atoms with van der Waals surface area (Å²) >= 11 is 0. The van der Waals surface area contributed by atoms with Gasteiger partial charge in [0, 0.05) is 13.1 Å². The van der Waals surface area contributed by atoms with Crippen LogP contribution in [0.5, 0.6) is 5.75 Å². The largest absolute Gasteiger partial charge is 0.513 e. The quantitative estimate of drug-likeness (QED) is 0.781. The minimum absolute atomic E-state index is 0.604. The Labute approximate surface area is 125 Å². The molecule has 0 atom stereocenters. The summed E-state index contributed by atoms with van der Waals surface area (Å²) in [6, 6.07) is 8.00. The van der Waals surface area contributed by atoms with E-state index in [0.717, 1.165) is 25.3 Å². The molecule has 2 rings (SSSR count). The van der Waals surface area contributed by atoms with Crippen LogP contribution in [0.4, 0.5) is 4.79 Å². The summed E-state index contributed by atoms with van der Waals surface area (Å²) in [5.41, 5.74) is 1.22. The van der Waals surface area contributed by atoms with Gasteiger partial charge in [0.25, 0.3) is 0 Å². The summed E-state index contributed by atoms with van der Waals surface area (Å²) in [4.78, 5) is 13.3. The van der Waals surface area contributed by atoms with E-state index in [2.05, 4.69) is 9.64 Å². The second kappa shape index (κ2) is 7.69. The number of rotatable bonds is 5. The SMILES string of the molecule is COC(=O)OC1=CCCN(CCOc2ccc(C)cc2)C1. The van der Waals surface area contributed by atoms with Crippen LogP contribution in [0.25, 0.3) is 0 Å². The van der Waals surface area contributed by atoms with Gasteiger partial charge in [-0.1, -0.05) is 17.7 Å². The van der Waals surface area contributed by atoms with Crippen LogP contribution in [-0.4, -0.2) is 44.4 Å². The maximum absolute atomic E-state index is 11.1. The van der Waals surface area contributed by atoms with Crippen LogP contribution in [0, 0.1) is 6.92 Å². The summed E-state index contributed by atoms with van der Waals surface area (Å²) < 4.78 is 15.3. The van der Waals surface area contributed by atoms with Gasteiger partial charge in [0.1, 0.15) is 18.1 Å². The van der Waals surface area contributed by atoms with Crippen LogP contribution in [-0.2, 0) is 9.47 Å². The molecule has 0 unspecified atom stereocenters. The number of nitrogens with zero attached hydrogens (tertiary/aromatic N) is 1. The number of aryl methyl sites for hydroxylation is 1. The van der Waals surface area contributed by atoms with E-state index in [1.54, 1.807) is 0 Å². The first kappa shape index (κ1) is 15.4. The zero-order chi connectivity index (χ0) is 15.1. The number of carbonyl (C=O) groups excluding carboxylic acids is 1. The number of hydrogen-bond acceptors (Lipinski definition) is 5. The Balaban J connectivity index is 1.73. The lowest BCUT2D eigenvalue weighted by Gasteiger charge is -2.26. The van der Waals surface area contributed by atoms with Crippen molar-refractivity contribution >= 4 is 6.16 Å². The molecule has 21 heavy (non-hydrogen) atoms. The number of hydrogen-bond donors (Lipinski definition) is 0. The maximum atomic E-state index is 11.1. The molecule has 0 radical (unpaired) electrons. The van der Waals surface area contributed by atoms with Crippen molar-refractivity contribution in [1.29, 1.82) is 0 Å². The van der Waals surface area contributed by atoms with E-state index in [4.69, 9.17) is 9.47 Å². The second-order valence-electron chi connectivity index (χ2n) is 4.95. The van der Waals surface area contributed by atoms with Crippen molar-refractivity contribution in [3.63, 3.8) is 0 Å². The number of carbonyl (C=O) groups is 1. The molecule has 0 aromatic heterocycles. The second-order valence-corrected chi connectivity index (χ2v) is 4.95. The Morgan fingerprint density at radius 1 is 1.29 bits per heavy atom. The predicted molar refractivity (Wildman–Crippen MR) is 79.3 cm³/mol. The monoisotopic (exact) mass is 291 g/mol. The molecule has 0 N–H and O–H groups in total. The van der Waals surface area contributed by atoms with Crippen LogP contribution < -0.4 is 4.74 Å². The third-order valence-electron chi connectivity index (χ3n) is 3.28. The fourth-order valence-corrected chi connectivity index (χ4v) is 2.11. The molecule has 0 amide bonds. The highest BCUT2D eigenvalue weighted by molar-refractivity contribution is 5.61. The standard InChI is InChI=1S/C16H21NO4/c1-13-5-7-14(8-6-13)20-11-10-17-9-3-4-15(12-17)21-16(18)19-2/h4-8H,3,9-12H2,1-2H3. The van der Waals surface area contributed by atoms with Crippen LogP contribution in [0.3, 0.4) is 0 Å². The van der Waals surface area contributed by atoms with Crippen molar-refractivity contribution in [3.05, 3.63) is 41.7 Å². The summed E-state index contributed by atoms with van der Waals surface area (Å²) in [7, 11) is 1.30. The molecular formula is C16H21NO4. The molecule has 114 valence electrons. The normalized spacial score (nSPS) is 15.2. The molecule has 1 aromatic rings. The van der Waals surface area contributed by atoms with Crippen molar-refractivity contribution in [2.45, 2.75) is 13.3 Å². The van der Waals surface area contributed by atoms with Gasteiger partial charge < -0.3 is 14.2 Å². The number of methoxy groups -OCH3 is 1. The molecule has 0 saturated carbocycles. The third kappa shape index (κ3) is 5.11. The first-order chi connectivity index (χ1) is 10.2. The highest BCUT2D eigenvalue weighted by Crippen LogP contribution is 2.13. The molecule has 1 aromatic carbocycles. The third-order valence-corrected chi connectivity index (χ3v) is 3.28. The van der Waals surface area contributed by atoms with Gasteiger partial charge in [-0.05, 0) is 31.6 Å². The Morgan fingerprint density at radius 3 is 2.76 bits per heavy atom. The summed E-state index contributed by atoms with van der Waals surface area (Å²) in [5.74, 6) is 1.52. The van der Waals surface area contributed by atoms with E-state index in [1.165, 1.54) is 12.7 Å². The van der Waals surface area contributed by atoms with E-state index in [-0.39, 0.29) is 0 Å². The van der Waals surface area contributed by atoms with Gasteiger partial charge in [0.2, 0.25) is 0 Å². The molecule has 0 saturated heterocycles. The Bertz CT molecular complexity index is 496. The van der Waals surface area contributed by atoms with E-state index in [0.29, 0.717) is 18.9 Å². The highest BCUT2D eigenvalue weighted by atomic mass is 16.7. The molecule has 1 aliphatic heterocycles. The van der Waals surface area contributed by atoms with Gasteiger partial charge in [0.15, 0.2) is 0 Å². The number of ether oxygens (including phenoxy) is 3. The predicted octanol–water partition coefficient (Wildman–Crippen LogP) is 2.75. The Morgan fingerprint density at radius 2 is 2.05 bits per heavy atom. The van der Waals surface area contributed by atoms with Gasteiger partial charge in [-0.25, -0.2) is 4.79 Å². The van der Waals surface area contributed by atoms with Crippen molar-refractivity contribution < 1.29 is 19.0 Å². The summed E-state index contributed by atoms with van der Waals surface area (Å²) in [5, 5.41) is 0. The van der Waals surface area contributed by atoms with Gasteiger partial charge in [-0.15, -0.1) is 0 Å². The molecular weight excluding hydrogens is 270 g/mol. The number of benzene rings is 1. The highest BCUT2D eigenvalue weighted by Gasteiger charge is 2.16. The first-order valence-electron chi connectivity index (χ1n) is 7.04. The molecule has 1 aliphatic rings. The molecule has 0 spiro atoms. The van der Waals surface area contributed by atoms with E-state index < -0.39 is 6.16 Å². The van der Waals surface area contributed by atoms with E-state index >= 15 is 0 Å². The molecule has 0 fully saturated rings. The minimum atomic E-state index is -0.668. The van der Waals surface area contributed by atoms with Crippen molar-refractivity contribution in [3.8, 4) is 5.75 Å². The van der Waals surface area contributed by atoms with Crippen LogP contribution in [0.15, 0.2) is 36.1 Å².